The fourth-order valence-corrected chi connectivity index (χ4v) is 8.36. The smallest absolute Gasteiger partial charge is 0.306 e. The molecule has 0 bridgehead atoms. The van der Waals surface area contributed by atoms with Crippen molar-refractivity contribution in [3.8, 4) is 5.75 Å². The molecule has 0 amide bonds. The number of piperidine rings is 1. The van der Waals surface area contributed by atoms with Gasteiger partial charge in [-0.2, -0.15) is 0 Å². The summed E-state index contributed by atoms with van der Waals surface area (Å²) in [6, 6.07) is 7.62. The number of rotatable bonds is 8. The summed E-state index contributed by atoms with van der Waals surface area (Å²) in [6.45, 7) is 6.02. The molecule has 2 unspecified atom stereocenters. The van der Waals surface area contributed by atoms with Crippen LogP contribution in [-0.4, -0.2) is 68.2 Å². The molecule has 2 saturated heterocycles. The van der Waals surface area contributed by atoms with Crippen molar-refractivity contribution in [1.29, 1.82) is 0 Å². The first kappa shape index (κ1) is 31.2. The molecule has 45 heavy (non-hydrogen) atoms. The van der Waals surface area contributed by atoms with Crippen molar-refractivity contribution in [2.75, 3.05) is 26.2 Å². The molecule has 3 heterocycles. The molecular formula is C35H49N7O3. The van der Waals surface area contributed by atoms with Gasteiger partial charge in [0.2, 0.25) is 0 Å². The van der Waals surface area contributed by atoms with E-state index in [0.29, 0.717) is 46.2 Å². The van der Waals surface area contributed by atoms with Crippen LogP contribution in [0.2, 0.25) is 0 Å². The van der Waals surface area contributed by atoms with E-state index in [1.54, 1.807) is 24.3 Å². The molecule has 2 saturated carbocycles. The van der Waals surface area contributed by atoms with E-state index in [2.05, 4.69) is 16.7 Å². The minimum atomic E-state index is -0.618. The Hall–Kier alpha value is -3.79. The molecule has 2 aliphatic carbocycles. The monoisotopic (exact) mass is 615 g/mol. The Morgan fingerprint density at radius 2 is 1.69 bits per heavy atom. The highest BCUT2D eigenvalue weighted by molar-refractivity contribution is 5.71. The Bertz CT molecular complexity index is 1410. The van der Waals surface area contributed by atoms with Gasteiger partial charge in [0, 0.05) is 49.2 Å². The third-order valence-corrected chi connectivity index (χ3v) is 11.0. The zero-order chi connectivity index (χ0) is 31.7. The SMILES string of the molecule is CC1CCC(Cc2ncc(C3CCN(C4CC5(CC(C(=O)O)C5)C4)CC3)cn2)CN(C(/C=C(\N)c2ccccc2O)=C(N)N)C1. The average Bonchev–Trinajstić information content (AvgIpc) is 3.15. The first-order chi connectivity index (χ1) is 21.6. The number of aromatic hydroxyl groups is 1. The number of likely N-dealkylation sites (tertiary alicyclic amines) is 2. The first-order valence-corrected chi connectivity index (χ1v) is 16.6. The van der Waals surface area contributed by atoms with Gasteiger partial charge in [-0.3, -0.25) is 4.79 Å². The van der Waals surface area contributed by atoms with E-state index in [0.717, 1.165) is 76.9 Å². The van der Waals surface area contributed by atoms with Crippen LogP contribution in [0, 0.1) is 23.2 Å². The van der Waals surface area contributed by atoms with Crippen molar-refractivity contribution in [3.05, 3.63) is 71.2 Å². The van der Waals surface area contributed by atoms with Gasteiger partial charge in [0.25, 0.3) is 0 Å². The quantitative estimate of drug-likeness (QED) is 0.274. The number of benzene rings is 1. The number of hydrogen-bond acceptors (Lipinski definition) is 9. The third-order valence-electron chi connectivity index (χ3n) is 11.0. The number of nitrogens with two attached hydrogens (primary N) is 3. The largest absolute Gasteiger partial charge is 0.507 e. The van der Waals surface area contributed by atoms with E-state index in [1.165, 1.54) is 18.4 Å². The molecule has 1 spiro atoms. The molecule has 4 fully saturated rings. The second kappa shape index (κ2) is 12.9. The fourth-order valence-electron chi connectivity index (χ4n) is 8.36. The summed E-state index contributed by atoms with van der Waals surface area (Å²) in [6.07, 6.45) is 15.1. The maximum atomic E-state index is 11.2. The van der Waals surface area contributed by atoms with Gasteiger partial charge in [-0.25, -0.2) is 9.97 Å². The van der Waals surface area contributed by atoms with Gasteiger partial charge in [0.1, 0.15) is 17.4 Å². The van der Waals surface area contributed by atoms with Gasteiger partial charge in [0.15, 0.2) is 0 Å². The van der Waals surface area contributed by atoms with E-state index in [-0.39, 0.29) is 17.5 Å². The lowest BCUT2D eigenvalue weighted by Crippen LogP contribution is -2.58. The van der Waals surface area contributed by atoms with Crippen LogP contribution in [0.5, 0.6) is 5.75 Å². The molecule has 1 aromatic heterocycles. The summed E-state index contributed by atoms with van der Waals surface area (Å²) >= 11 is 0. The van der Waals surface area contributed by atoms with Crippen LogP contribution in [0.4, 0.5) is 0 Å². The number of carboxylic acids is 1. The maximum Gasteiger partial charge on any atom is 0.306 e. The normalized spacial score (nSPS) is 29.4. The number of phenols is 1. The molecular weight excluding hydrogens is 566 g/mol. The minimum Gasteiger partial charge on any atom is -0.507 e. The van der Waals surface area contributed by atoms with Crippen molar-refractivity contribution >= 4 is 11.7 Å². The van der Waals surface area contributed by atoms with E-state index in [9.17, 15) is 15.0 Å². The van der Waals surface area contributed by atoms with Crippen molar-refractivity contribution in [2.45, 2.75) is 76.7 Å². The highest BCUT2D eigenvalue weighted by Gasteiger charge is 2.56. The van der Waals surface area contributed by atoms with Crippen molar-refractivity contribution in [3.63, 3.8) is 0 Å². The minimum absolute atomic E-state index is 0.110. The second-order valence-electron chi connectivity index (χ2n) is 14.4. The first-order valence-electron chi connectivity index (χ1n) is 16.6. The van der Waals surface area contributed by atoms with E-state index in [1.807, 2.05) is 18.5 Å². The van der Waals surface area contributed by atoms with Gasteiger partial charge in [-0.1, -0.05) is 19.1 Å². The number of hydrogen-bond donors (Lipinski definition) is 5. The lowest BCUT2D eigenvalue weighted by Gasteiger charge is -2.59. The Kier molecular flexibility index (Phi) is 8.95. The lowest BCUT2D eigenvalue weighted by molar-refractivity contribution is -0.160. The van der Waals surface area contributed by atoms with Crippen LogP contribution in [0.15, 0.2) is 54.3 Å². The summed E-state index contributed by atoms with van der Waals surface area (Å²) < 4.78 is 0. The molecule has 2 aromatic rings. The van der Waals surface area contributed by atoms with Crippen LogP contribution < -0.4 is 17.2 Å². The molecule has 2 aliphatic heterocycles. The van der Waals surface area contributed by atoms with Crippen molar-refractivity contribution in [1.82, 2.24) is 19.8 Å². The van der Waals surface area contributed by atoms with Crippen LogP contribution >= 0.6 is 0 Å². The zero-order valence-corrected chi connectivity index (χ0v) is 26.4. The predicted octanol–water partition coefficient (Wildman–Crippen LogP) is 3.98. The van der Waals surface area contributed by atoms with E-state index < -0.39 is 5.97 Å². The molecule has 242 valence electrons. The topological polar surface area (TPSA) is 168 Å². The van der Waals surface area contributed by atoms with Gasteiger partial charge < -0.3 is 37.2 Å². The number of para-hydroxylation sites is 1. The molecule has 6 rings (SSSR count). The van der Waals surface area contributed by atoms with Crippen LogP contribution in [0.25, 0.3) is 5.70 Å². The Balaban J connectivity index is 1.03. The molecule has 10 nitrogen and oxygen atoms in total. The van der Waals surface area contributed by atoms with Crippen LogP contribution in [0.1, 0.15) is 81.2 Å². The summed E-state index contributed by atoms with van der Waals surface area (Å²) in [5.74, 6) is 1.75. The highest BCUT2D eigenvalue weighted by Crippen LogP contribution is 2.60. The molecule has 0 radical (unpaired) electrons. The van der Waals surface area contributed by atoms with Crippen LogP contribution in [-0.2, 0) is 11.2 Å². The molecule has 10 heteroatoms. The van der Waals surface area contributed by atoms with Crippen molar-refractivity contribution in [2.24, 2.45) is 40.4 Å². The number of nitrogens with zero attached hydrogens (tertiary/aromatic N) is 4. The zero-order valence-electron chi connectivity index (χ0n) is 26.4. The summed E-state index contributed by atoms with van der Waals surface area (Å²) in [7, 11) is 0. The Morgan fingerprint density at radius 1 is 1.00 bits per heavy atom. The number of aromatic nitrogens is 2. The van der Waals surface area contributed by atoms with Gasteiger partial charge >= 0.3 is 5.97 Å². The fraction of sp³-hybridized carbons (Fsp3) is 0.571. The molecule has 4 aliphatic rings. The Labute approximate surface area is 266 Å². The molecule has 2 atom stereocenters. The lowest BCUT2D eigenvalue weighted by atomic mass is 9.49. The van der Waals surface area contributed by atoms with Gasteiger partial charge in [-0.15, -0.1) is 0 Å². The average molecular weight is 616 g/mol. The highest BCUT2D eigenvalue weighted by atomic mass is 16.4. The second-order valence-corrected chi connectivity index (χ2v) is 14.4. The van der Waals surface area contributed by atoms with Crippen molar-refractivity contribution < 1.29 is 15.0 Å². The number of allylic oxidation sites excluding steroid dienone is 1. The standard InChI is InChI=1S/C35H49N7O3/c1-22-6-7-23(21-42(20-22)30(33(37)38)13-29(36)28-4-2-3-5-31(28)43)12-32-39-18-26(19-40-32)24-8-10-41(11-9-24)27-16-35(17-27)14-25(15-35)34(44)45/h2-5,13,18-19,22-25,27,43H,6-12,14-17,20-21,36-38H2,1H3,(H,44,45)/b29-13-. The molecule has 8 N–H and O–H groups in total. The van der Waals surface area contributed by atoms with E-state index >= 15 is 0 Å². The van der Waals surface area contributed by atoms with E-state index in [4.69, 9.17) is 27.2 Å². The summed E-state index contributed by atoms with van der Waals surface area (Å²) in [4.78, 5) is 25.7. The maximum absolute atomic E-state index is 11.2. The molecule has 1 aromatic carbocycles. The van der Waals surface area contributed by atoms with Gasteiger partial charge in [-0.05, 0) is 111 Å². The third kappa shape index (κ3) is 6.90. The number of carbonyl (C=O) groups is 1. The van der Waals surface area contributed by atoms with Crippen LogP contribution in [0.3, 0.4) is 0 Å². The van der Waals surface area contributed by atoms with Gasteiger partial charge in [0.05, 0.1) is 11.6 Å². The number of aliphatic carboxylic acids is 1. The number of phenolic OH excluding ortho intramolecular Hbond substituents is 1. The summed E-state index contributed by atoms with van der Waals surface area (Å²) in [5, 5.41) is 19.5. The predicted molar refractivity (Wildman–Crippen MR) is 174 cm³/mol. The Morgan fingerprint density at radius 3 is 2.33 bits per heavy atom. The number of carboxylic acid groups (broad SMARTS) is 1. The summed E-state index contributed by atoms with van der Waals surface area (Å²) in [5.41, 5.74) is 22.0.